The van der Waals surface area contributed by atoms with Crippen molar-refractivity contribution in [1.29, 1.82) is 0 Å². The Kier molecular flexibility index (Phi) is 3.37. The Bertz CT molecular complexity index is 849. The third kappa shape index (κ3) is 2.50. The fourth-order valence-corrected chi connectivity index (χ4v) is 3.34. The van der Waals surface area contributed by atoms with Crippen molar-refractivity contribution in [1.82, 2.24) is 24.9 Å². The molecule has 1 aliphatic rings. The zero-order valence-corrected chi connectivity index (χ0v) is 13.1. The molecular formula is C17H19N5O. The maximum atomic E-state index is 12.9. The van der Waals surface area contributed by atoms with Gasteiger partial charge in [-0.3, -0.25) is 14.6 Å². The summed E-state index contributed by atoms with van der Waals surface area (Å²) in [6.45, 7) is 3.55. The van der Waals surface area contributed by atoms with Crippen LogP contribution >= 0.6 is 0 Å². The number of H-pyrrole nitrogens is 1. The van der Waals surface area contributed by atoms with E-state index < -0.39 is 0 Å². The number of hydrogen-bond acceptors (Lipinski definition) is 3. The second kappa shape index (κ2) is 5.53. The Labute approximate surface area is 134 Å². The average molecular weight is 309 g/mol. The van der Waals surface area contributed by atoms with Gasteiger partial charge in [0.2, 0.25) is 0 Å². The van der Waals surface area contributed by atoms with Crippen LogP contribution in [-0.2, 0) is 6.54 Å². The molecule has 1 N–H and O–H groups in total. The van der Waals surface area contributed by atoms with Gasteiger partial charge in [0.25, 0.3) is 5.91 Å². The van der Waals surface area contributed by atoms with Crippen molar-refractivity contribution in [3.63, 3.8) is 0 Å². The number of rotatable bonds is 3. The Hall–Kier alpha value is -2.63. The van der Waals surface area contributed by atoms with Crippen LogP contribution in [0, 0.1) is 6.92 Å². The summed E-state index contributed by atoms with van der Waals surface area (Å²) in [7, 11) is 0. The van der Waals surface area contributed by atoms with Gasteiger partial charge in [-0.05, 0) is 31.4 Å². The molecule has 6 nitrogen and oxygen atoms in total. The number of benzene rings is 1. The molecule has 1 aromatic carbocycles. The maximum Gasteiger partial charge on any atom is 0.275 e. The molecule has 2 aromatic heterocycles. The number of nitrogens with one attached hydrogen (secondary N) is 1. The smallest absolute Gasteiger partial charge is 0.275 e. The quantitative estimate of drug-likeness (QED) is 0.807. The fourth-order valence-electron chi connectivity index (χ4n) is 3.34. The average Bonchev–Trinajstić information content (AvgIpc) is 3.27. The Morgan fingerprint density at radius 2 is 2.26 bits per heavy atom. The number of para-hydroxylation sites is 1. The van der Waals surface area contributed by atoms with Crippen LogP contribution < -0.4 is 0 Å². The molecule has 3 heterocycles. The van der Waals surface area contributed by atoms with Gasteiger partial charge in [0.15, 0.2) is 5.69 Å². The summed E-state index contributed by atoms with van der Waals surface area (Å²) in [6, 6.07) is 7.93. The second-order valence-electron chi connectivity index (χ2n) is 6.15. The maximum absolute atomic E-state index is 12.9. The van der Waals surface area contributed by atoms with Crippen molar-refractivity contribution in [2.24, 2.45) is 0 Å². The van der Waals surface area contributed by atoms with E-state index in [0.717, 1.165) is 42.4 Å². The molecule has 23 heavy (non-hydrogen) atoms. The first-order chi connectivity index (χ1) is 11.2. The molecule has 1 saturated heterocycles. The van der Waals surface area contributed by atoms with Gasteiger partial charge >= 0.3 is 0 Å². The van der Waals surface area contributed by atoms with Crippen LogP contribution in [0.4, 0.5) is 0 Å². The predicted molar refractivity (Wildman–Crippen MR) is 87.1 cm³/mol. The van der Waals surface area contributed by atoms with E-state index in [2.05, 4.69) is 15.3 Å². The van der Waals surface area contributed by atoms with Gasteiger partial charge in [0.1, 0.15) is 0 Å². The highest BCUT2D eigenvalue weighted by atomic mass is 16.2. The van der Waals surface area contributed by atoms with E-state index in [9.17, 15) is 4.79 Å². The second-order valence-corrected chi connectivity index (χ2v) is 6.15. The number of aromatic amines is 1. The van der Waals surface area contributed by atoms with Crippen molar-refractivity contribution >= 4 is 16.8 Å². The van der Waals surface area contributed by atoms with Crippen LogP contribution in [0.1, 0.15) is 28.9 Å². The highest BCUT2D eigenvalue weighted by Gasteiger charge is 2.31. The molecule has 1 amide bonds. The third-order valence-electron chi connectivity index (χ3n) is 4.47. The van der Waals surface area contributed by atoms with Gasteiger partial charge < -0.3 is 4.90 Å². The van der Waals surface area contributed by atoms with Crippen LogP contribution in [0.25, 0.3) is 10.9 Å². The molecule has 1 atom stereocenters. The van der Waals surface area contributed by atoms with E-state index >= 15 is 0 Å². The molecule has 6 heteroatoms. The monoisotopic (exact) mass is 309 g/mol. The van der Waals surface area contributed by atoms with Gasteiger partial charge in [0.05, 0.1) is 24.3 Å². The first-order valence-electron chi connectivity index (χ1n) is 7.95. The highest BCUT2D eigenvalue weighted by molar-refractivity contribution is 6.04. The lowest BCUT2D eigenvalue weighted by atomic mass is 10.1. The minimum Gasteiger partial charge on any atom is -0.332 e. The van der Waals surface area contributed by atoms with Crippen molar-refractivity contribution < 1.29 is 4.79 Å². The molecule has 0 bridgehead atoms. The van der Waals surface area contributed by atoms with Crippen LogP contribution in [0.3, 0.4) is 0 Å². The van der Waals surface area contributed by atoms with Crippen molar-refractivity contribution in [3.8, 4) is 0 Å². The number of aromatic nitrogens is 4. The number of likely N-dealkylation sites (tertiary alicyclic amines) is 1. The number of fused-ring (bicyclic) bond motifs is 1. The molecule has 0 spiro atoms. The molecule has 0 radical (unpaired) electrons. The van der Waals surface area contributed by atoms with E-state index in [-0.39, 0.29) is 11.9 Å². The first-order valence-corrected chi connectivity index (χ1v) is 7.95. The lowest BCUT2D eigenvalue weighted by Crippen LogP contribution is -2.38. The topological polar surface area (TPSA) is 66.8 Å². The Balaban J connectivity index is 1.59. The number of carbonyl (C=O) groups is 1. The lowest BCUT2D eigenvalue weighted by molar-refractivity contribution is 0.0717. The highest BCUT2D eigenvalue weighted by Crippen LogP contribution is 2.24. The number of nitrogens with zero attached hydrogens (tertiary/aromatic N) is 4. The van der Waals surface area contributed by atoms with Gasteiger partial charge in [-0.2, -0.15) is 10.2 Å². The number of aryl methyl sites for hydroxylation is 1. The Morgan fingerprint density at radius 3 is 3.09 bits per heavy atom. The number of hydrogen-bond donors (Lipinski definition) is 1. The molecule has 0 aliphatic carbocycles. The van der Waals surface area contributed by atoms with E-state index in [0.29, 0.717) is 5.69 Å². The molecule has 3 aromatic rings. The van der Waals surface area contributed by atoms with Crippen LogP contribution in [0.2, 0.25) is 0 Å². The molecule has 0 saturated carbocycles. The standard InChI is InChI=1S/C17H19N5O/c1-12-9-18-21(10-12)11-13-5-4-8-22(13)17(23)16-14-6-2-3-7-15(14)19-20-16/h2-3,6-7,9-10,13H,4-5,8,11H2,1H3,(H,19,20)/t13-/m1/s1. The summed E-state index contributed by atoms with van der Waals surface area (Å²) in [5, 5.41) is 12.4. The normalized spacial score (nSPS) is 18.0. The summed E-state index contributed by atoms with van der Waals surface area (Å²) in [6.07, 6.45) is 5.90. The minimum atomic E-state index is 0.00817. The van der Waals surface area contributed by atoms with E-state index in [1.165, 1.54) is 0 Å². The summed E-state index contributed by atoms with van der Waals surface area (Å²) in [5.74, 6) is 0.00817. The summed E-state index contributed by atoms with van der Waals surface area (Å²) in [5.41, 5.74) is 2.55. The fraction of sp³-hybridized carbons (Fsp3) is 0.353. The first kappa shape index (κ1) is 14.0. The number of amides is 1. The summed E-state index contributed by atoms with van der Waals surface area (Å²) in [4.78, 5) is 14.9. The molecule has 118 valence electrons. The third-order valence-corrected chi connectivity index (χ3v) is 4.47. The summed E-state index contributed by atoms with van der Waals surface area (Å²) < 4.78 is 1.92. The van der Waals surface area contributed by atoms with E-state index in [4.69, 9.17) is 0 Å². The van der Waals surface area contributed by atoms with Crippen molar-refractivity contribution in [2.75, 3.05) is 6.54 Å². The molecule has 1 aliphatic heterocycles. The van der Waals surface area contributed by atoms with Crippen LogP contribution in [-0.4, -0.2) is 43.4 Å². The van der Waals surface area contributed by atoms with Crippen LogP contribution in [0.15, 0.2) is 36.7 Å². The largest absolute Gasteiger partial charge is 0.332 e. The van der Waals surface area contributed by atoms with Gasteiger partial charge in [-0.15, -0.1) is 0 Å². The zero-order valence-electron chi connectivity index (χ0n) is 13.1. The Morgan fingerprint density at radius 1 is 1.39 bits per heavy atom. The molecule has 1 fully saturated rings. The van der Waals surface area contributed by atoms with Gasteiger partial charge in [0, 0.05) is 18.1 Å². The molecule has 4 rings (SSSR count). The van der Waals surface area contributed by atoms with Crippen molar-refractivity contribution in [3.05, 3.63) is 47.9 Å². The van der Waals surface area contributed by atoms with Gasteiger partial charge in [-0.25, -0.2) is 0 Å². The van der Waals surface area contributed by atoms with E-state index in [1.54, 1.807) is 0 Å². The molecular weight excluding hydrogens is 290 g/mol. The summed E-state index contributed by atoms with van der Waals surface area (Å²) >= 11 is 0. The SMILES string of the molecule is Cc1cnn(C[C@H]2CCCN2C(=O)c2n[nH]c3ccccc23)c1. The minimum absolute atomic E-state index is 0.00817. The zero-order chi connectivity index (χ0) is 15.8. The van der Waals surface area contributed by atoms with Crippen LogP contribution in [0.5, 0.6) is 0 Å². The predicted octanol–water partition coefficient (Wildman–Crippen LogP) is 2.37. The van der Waals surface area contributed by atoms with Crippen molar-refractivity contribution in [2.45, 2.75) is 32.4 Å². The molecule has 0 unspecified atom stereocenters. The lowest BCUT2D eigenvalue weighted by Gasteiger charge is -2.24. The van der Waals surface area contributed by atoms with E-state index in [1.807, 2.05) is 53.2 Å². The number of carbonyl (C=O) groups excluding carboxylic acids is 1. The van der Waals surface area contributed by atoms with Gasteiger partial charge in [-0.1, -0.05) is 18.2 Å².